The molecule has 0 spiro atoms. The molecule has 1 unspecified atom stereocenters. The van der Waals surface area contributed by atoms with Crippen LogP contribution in [0, 0.1) is 25.2 Å². The van der Waals surface area contributed by atoms with Gasteiger partial charge in [0.2, 0.25) is 5.92 Å². The summed E-state index contributed by atoms with van der Waals surface area (Å²) < 4.78 is 11.2. The molecule has 0 radical (unpaired) electrons. The second-order valence-corrected chi connectivity index (χ2v) is 13.0. The Kier molecular flexibility index (Phi) is 10.2. The number of benzene rings is 2. The fourth-order valence-corrected chi connectivity index (χ4v) is 5.16. The van der Waals surface area contributed by atoms with Crippen molar-refractivity contribution in [2.45, 2.75) is 113 Å². The Labute approximate surface area is 241 Å². The van der Waals surface area contributed by atoms with E-state index < -0.39 is 23.6 Å². The summed E-state index contributed by atoms with van der Waals surface area (Å²) in [5.41, 5.74) is 5.38. The van der Waals surface area contributed by atoms with Gasteiger partial charge in [-0.15, -0.1) is 0 Å². The Morgan fingerprint density at radius 3 is 2.12 bits per heavy atom. The molecule has 0 saturated carbocycles. The summed E-state index contributed by atoms with van der Waals surface area (Å²) in [4.78, 5) is 33.9. The van der Waals surface area contributed by atoms with E-state index in [1.54, 1.807) is 13.8 Å². The van der Waals surface area contributed by atoms with Crippen LogP contribution in [0.4, 0.5) is 5.69 Å². The molecule has 1 saturated heterocycles. The average Bonchev–Trinajstić information content (AvgIpc) is 2.82. The minimum absolute atomic E-state index is 0.0286. The predicted molar refractivity (Wildman–Crippen MR) is 162 cm³/mol. The summed E-state index contributed by atoms with van der Waals surface area (Å²) in [6.07, 6.45) is 5.17. The third-order valence-electron chi connectivity index (χ3n) is 7.17. The first kappa shape index (κ1) is 31.4. The molecule has 1 aliphatic rings. The highest BCUT2D eigenvalue weighted by Crippen LogP contribution is 2.30. The number of carbonyl (C=O) groups excluding carboxylic acids is 2. The molecule has 0 N–H and O–H groups in total. The number of aliphatic imine (C=N–C) groups is 1. The first-order valence-corrected chi connectivity index (χ1v) is 14.6. The highest BCUT2D eigenvalue weighted by atomic mass is 16.7. The molecular formula is C34H48N2O4. The molecule has 40 heavy (non-hydrogen) atoms. The van der Waals surface area contributed by atoms with Crippen molar-refractivity contribution in [3.63, 3.8) is 0 Å². The van der Waals surface area contributed by atoms with Crippen molar-refractivity contribution in [1.29, 1.82) is 0 Å². The molecule has 0 bridgehead atoms. The molecular weight excluding hydrogens is 500 g/mol. The molecule has 1 heterocycles. The number of ether oxygens (including phenoxy) is 2. The Morgan fingerprint density at radius 1 is 0.975 bits per heavy atom. The van der Waals surface area contributed by atoms with Crippen LogP contribution in [0.3, 0.4) is 0 Å². The van der Waals surface area contributed by atoms with Gasteiger partial charge in [-0.3, -0.25) is 9.59 Å². The maximum Gasteiger partial charge on any atom is 0.331 e. The zero-order chi connectivity index (χ0) is 29.7. The number of unbranched alkanes of at least 4 members (excludes halogenated alkanes) is 2. The molecule has 0 amide bonds. The van der Waals surface area contributed by atoms with Crippen molar-refractivity contribution in [2.24, 2.45) is 16.3 Å². The van der Waals surface area contributed by atoms with Crippen molar-refractivity contribution in [1.82, 2.24) is 4.90 Å². The summed E-state index contributed by atoms with van der Waals surface area (Å²) in [5.74, 6) is -3.45. The highest BCUT2D eigenvalue weighted by molar-refractivity contribution is 6.17. The molecule has 2 aromatic carbocycles. The van der Waals surface area contributed by atoms with Gasteiger partial charge in [-0.25, -0.2) is 4.99 Å². The molecule has 6 heteroatoms. The second kappa shape index (κ2) is 13.0. The lowest BCUT2D eigenvalue weighted by Gasteiger charge is -2.39. The largest absolute Gasteiger partial charge is 0.422 e. The van der Waals surface area contributed by atoms with Crippen LogP contribution in [-0.4, -0.2) is 34.5 Å². The molecule has 0 aromatic heterocycles. The average molecular weight is 549 g/mol. The van der Waals surface area contributed by atoms with E-state index in [1.807, 2.05) is 26.0 Å². The molecule has 1 atom stereocenters. The molecule has 6 nitrogen and oxygen atoms in total. The molecule has 0 aliphatic carbocycles. The number of rotatable bonds is 10. The Hall–Kier alpha value is -3.15. The number of nitrogens with zero attached hydrogens (tertiary/aromatic N) is 2. The second-order valence-electron chi connectivity index (χ2n) is 13.0. The van der Waals surface area contributed by atoms with Crippen molar-refractivity contribution >= 4 is 23.5 Å². The van der Waals surface area contributed by atoms with Gasteiger partial charge in [0.1, 0.15) is 5.84 Å². The minimum Gasteiger partial charge on any atom is -0.422 e. The monoisotopic (exact) mass is 548 g/mol. The third kappa shape index (κ3) is 8.67. The zero-order valence-electron chi connectivity index (χ0n) is 26.0. The summed E-state index contributed by atoms with van der Waals surface area (Å²) in [7, 11) is 0. The van der Waals surface area contributed by atoms with Gasteiger partial charge in [-0.1, -0.05) is 88.9 Å². The van der Waals surface area contributed by atoms with E-state index in [4.69, 9.17) is 14.5 Å². The van der Waals surface area contributed by atoms with Crippen LogP contribution in [0.15, 0.2) is 47.5 Å². The highest BCUT2D eigenvalue weighted by Gasteiger charge is 2.48. The normalized spacial score (nSPS) is 16.9. The van der Waals surface area contributed by atoms with E-state index in [1.165, 1.54) is 5.56 Å². The van der Waals surface area contributed by atoms with Crippen LogP contribution in [0.2, 0.25) is 0 Å². The third-order valence-corrected chi connectivity index (χ3v) is 7.17. The molecule has 3 rings (SSSR count). The summed E-state index contributed by atoms with van der Waals surface area (Å²) in [6, 6.07) is 14.6. The van der Waals surface area contributed by atoms with Crippen LogP contribution >= 0.6 is 0 Å². The lowest BCUT2D eigenvalue weighted by Crippen LogP contribution is -2.54. The number of hydrogen-bond donors (Lipinski definition) is 0. The Balaban J connectivity index is 2.09. The number of carbonyl (C=O) groups is 2. The van der Waals surface area contributed by atoms with E-state index in [-0.39, 0.29) is 11.5 Å². The van der Waals surface area contributed by atoms with Crippen molar-refractivity contribution in [3.05, 3.63) is 64.7 Å². The number of amidine groups is 1. The van der Waals surface area contributed by atoms with E-state index in [0.29, 0.717) is 12.4 Å². The van der Waals surface area contributed by atoms with E-state index >= 15 is 0 Å². The number of cyclic esters (lactones) is 2. The summed E-state index contributed by atoms with van der Waals surface area (Å²) in [5, 5.41) is 0. The SMILES string of the molecule is CCCCCC(C)N(Cc1ccc(CC(C)(C)C)cc1)C(=Nc1ccc(C)cc1C)C1C(=O)OC(C)(C)OC1=O. The minimum atomic E-state index is -1.31. The van der Waals surface area contributed by atoms with Gasteiger partial charge in [-0.05, 0) is 61.8 Å². The summed E-state index contributed by atoms with van der Waals surface area (Å²) >= 11 is 0. The molecule has 1 fully saturated rings. The first-order valence-electron chi connectivity index (χ1n) is 14.6. The Morgan fingerprint density at radius 2 is 1.57 bits per heavy atom. The number of hydrogen-bond acceptors (Lipinski definition) is 5. The van der Waals surface area contributed by atoms with E-state index in [2.05, 4.69) is 69.9 Å². The predicted octanol–water partition coefficient (Wildman–Crippen LogP) is 7.85. The van der Waals surface area contributed by atoms with Gasteiger partial charge in [-0.2, -0.15) is 0 Å². The molecule has 1 aliphatic heterocycles. The van der Waals surface area contributed by atoms with Crippen LogP contribution in [-0.2, 0) is 32.0 Å². The summed E-state index contributed by atoms with van der Waals surface area (Å²) in [6.45, 7) is 18.7. The quantitative estimate of drug-likeness (QED) is 0.0994. The van der Waals surface area contributed by atoms with Crippen molar-refractivity contribution in [2.75, 3.05) is 0 Å². The Bertz CT molecular complexity index is 1190. The molecule has 2 aromatic rings. The van der Waals surface area contributed by atoms with Crippen LogP contribution in [0.25, 0.3) is 0 Å². The first-order chi connectivity index (χ1) is 18.7. The van der Waals surface area contributed by atoms with Crippen LogP contribution < -0.4 is 0 Å². The number of aryl methyl sites for hydroxylation is 2. The van der Waals surface area contributed by atoms with Gasteiger partial charge in [0.05, 0.1) is 5.69 Å². The van der Waals surface area contributed by atoms with Crippen molar-refractivity contribution in [3.8, 4) is 0 Å². The maximum absolute atomic E-state index is 13.4. The van der Waals surface area contributed by atoms with Gasteiger partial charge >= 0.3 is 11.9 Å². The van der Waals surface area contributed by atoms with Gasteiger partial charge in [0, 0.05) is 26.4 Å². The van der Waals surface area contributed by atoms with Crippen LogP contribution in [0.1, 0.15) is 96.4 Å². The van der Waals surface area contributed by atoms with E-state index in [0.717, 1.165) is 54.5 Å². The fourth-order valence-electron chi connectivity index (χ4n) is 5.16. The fraction of sp³-hybridized carbons (Fsp3) is 0.559. The smallest absolute Gasteiger partial charge is 0.331 e. The lowest BCUT2D eigenvalue weighted by molar-refractivity contribution is -0.236. The standard InChI is InChI=1S/C34H48N2O4/c1-10-11-12-13-25(4)36(22-27-17-15-26(16-18-27)21-33(5,6)7)30(35-28-19-14-23(2)20-24(28)3)29-31(37)39-34(8,9)40-32(29)38/h14-20,25,29H,10-13,21-22H2,1-9H3. The number of esters is 2. The topological polar surface area (TPSA) is 68.2 Å². The zero-order valence-corrected chi connectivity index (χ0v) is 26.0. The van der Waals surface area contributed by atoms with Gasteiger partial charge < -0.3 is 14.4 Å². The van der Waals surface area contributed by atoms with Crippen molar-refractivity contribution < 1.29 is 19.1 Å². The maximum atomic E-state index is 13.4. The molecule has 218 valence electrons. The lowest BCUT2D eigenvalue weighted by atomic mass is 9.88. The van der Waals surface area contributed by atoms with Gasteiger partial charge in [0.25, 0.3) is 5.79 Å². The van der Waals surface area contributed by atoms with E-state index in [9.17, 15) is 9.59 Å². The van der Waals surface area contributed by atoms with Gasteiger partial charge in [0.15, 0.2) is 0 Å². The van der Waals surface area contributed by atoms with Crippen LogP contribution in [0.5, 0.6) is 0 Å².